The van der Waals surface area contributed by atoms with Gasteiger partial charge in [-0.05, 0) is 61.9 Å². The van der Waals surface area contributed by atoms with Gasteiger partial charge >= 0.3 is 0 Å². The van der Waals surface area contributed by atoms with E-state index in [9.17, 15) is 19.1 Å². The molecule has 0 spiro atoms. The summed E-state index contributed by atoms with van der Waals surface area (Å²) in [5, 5.41) is 11.1. The van der Waals surface area contributed by atoms with Crippen LogP contribution in [0.5, 0.6) is 5.75 Å². The molecule has 1 aromatic heterocycles. The Labute approximate surface area is 184 Å². The summed E-state index contributed by atoms with van der Waals surface area (Å²) < 4.78 is 19.3. The van der Waals surface area contributed by atoms with Crippen molar-refractivity contribution in [3.63, 3.8) is 0 Å². The normalized spacial score (nSPS) is 17.6. The maximum absolute atomic E-state index is 13.8. The lowest BCUT2D eigenvalue weighted by Crippen LogP contribution is -2.29. The molecule has 1 fully saturated rings. The van der Waals surface area contributed by atoms with Gasteiger partial charge in [-0.1, -0.05) is 12.1 Å². The molecule has 6 nitrogen and oxygen atoms in total. The molecule has 0 radical (unpaired) electrons. The van der Waals surface area contributed by atoms with Gasteiger partial charge in [0, 0.05) is 23.5 Å². The van der Waals surface area contributed by atoms with E-state index < -0.39 is 23.5 Å². The van der Waals surface area contributed by atoms with Crippen LogP contribution in [0.1, 0.15) is 29.8 Å². The third-order valence-corrected chi connectivity index (χ3v) is 5.25. The highest BCUT2D eigenvalue weighted by Gasteiger charge is 2.47. The highest BCUT2D eigenvalue weighted by Crippen LogP contribution is 2.42. The first-order valence-electron chi connectivity index (χ1n) is 10.1. The number of carbonyl (C=O) groups excluding carboxylic acids is 2. The lowest BCUT2D eigenvalue weighted by Gasteiger charge is -2.25. The van der Waals surface area contributed by atoms with Crippen LogP contribution in [0.25, 0.3) is 5.76 Å². The Morgan fingerprint density at radius 3 is 2.62 bits per heavy atom. The molecule has 162 valence electrons. The number of halogens is 1. The van der Waals surface area contributed by atoms with Crippen LogP contribution in [0.3, 0.4) is 0 Å². The molecule has 0 saturated carbocycles. The number of hydrogen-bond acceptors (Lipinski definition) is 5. The number of amides is 1. The lowest BCUT2D eigenvalue weighted by molar-refractivity contribution is -0.132. The molecular formula is C25H21FN2O4. The van der Waals surface area contributed by atoms with Crippen molar-refractivity contribution in [1.29, 1.82) is 0 Å². The van der Waals surface area contributed by atoms with Gasteiger partial charge in [-0.25, -0.2) is 4.39 Å². The van der Waals surface area contributed by atoms with E-state index >= 15 is 0 Å². The van der Waals surface area contributed by atoms with Crippen molar-refractivity contribution in [3.05, 3.63) is 95.1 Å². The highest BCUT2D eigenvalue weighted by atomic mass is 19.1. The summed E-state index contributed by atoms with van der Waals surface area (Å²) in [6.07, 6.45) is 1.55. The molecule has 1 aliphatic heterocycles. The zero-order valence-electron chi connectivity index (χ0n) is 17.6. The van der Waals surface area contributed by atoms with E-state index in [-0.39, 0.29) is 16.9 Å². The van der Waals surface area contributed by atoms with Crippen molar-refractivity contribution < 1.29 is 23.8 Å². The number of pyridine rings is 1. The standard InChI is InChI=1S/C25H21FN2O4/c1-3-32-18-8-6-7-17(14-18)28-22(20-9-4-5-12-27-20)21(24(30)25(28)31)23(29)16-10-11-19(26)15(2)13-16/h4-14,22,29H,3H2,1-2H3/b23-21+. The van der Waals surface area contributed by atoms with Crippen LogP contribution in [0, 0.1) is 12.7 Å². The molecule has 1 unspecified atom stereocenters. The van der Waals surface area contributed by atoms with Gasteiger partial charge < -0.3 is 9.84 Å². The van der Waals surface area contributed by atoms with Gasteiger partial charge in [0.25, 0.3) is 11.7 Å². The number of anilines is 1. The van der Waals surface area contributed by atoms with Crippen LogP contribution < -0.4 is 9.64 Å². The molecule has 32 heavy (non-hydrogen) atoms. The second-order valence-corrected chi connectivity index (χ2v) is 7.32. The Morgan fingerprint density at radius 1 is 1.12 bits per heavy atom. The second-order valence-electron chi connectivity index (χ2n) is 7.32. The first-order chi connectivity index (χ1) is 15.4. The zero-order chi connectivity index (χ0) is 22.8. The van der Waals surface area contributed by atoms with Crippen molar-refractivity contribution >= 4 is 23.1 Å². The van der Waals surface area contributed by atoms with Crippen molar-refractivity contribution in [1.82, 2.24) is 4.98 Å². The van der Waals surface area contributed by atoms with Crippen molar-refractivity contribution in [2.75, 3.05) is 11.5 Å². The molecule has 1 saturated heterocycles. The first-order valence-corrected chi connectivity index (χ1v) is 10.1. The van der Waals surface area contributed by atoms with Gasteiger partial charge in [-0.3, -0.25) is 19.5 Å². The molecule has 0 aliphatic carbocycles. The number of aromatic nitrogens is 1. The van der Waals surface area contributed by atoms with Gasteiger partial charge in [0.2, 0.25) is 0 Å². The van der Waals surface area contributed by atoms with Gasteiger partial charge in [-0.2, -0.15) is 0 Å². The van der Waals surface area contributed by atoms with E-state index in [1.165, 1.54) is 23.1 Å². The van der Waals surface area contributed by atoms with Gasteiger partial charge in [0.15, 0.2) is 0 Å². The lowest BCUT2D eigenvalue weighted by atomic mass is 9.97. The van der Waals surface area contributed by atoms with E-state index in [2.05, 4.69) is 4.98 Å². The van der Waals surface area contributed by atoms with Crippen LogP contribution in [-0.4, -0.2) is 28.4 Å². The molecule has 0 bridgehead atoms. The minimum Gasteiger partial charge on any atom is -0.507 e. The fourth-order valence-corrected chi connectivity index (χ4v) is 3.75. The summed E-state index contributed by atoms with van der Waals surface area (Å²) in [6, 6.07) is 15.0. The smallest absolute Gasteiger partial charge is 0.300 e. The number of aryl methyl sites for hydroxylation is 1. The monoisotopic (exact) mass is 432 g/mol. The average Bonchev–Trinajstić information content (AvgIpc) is 3.07. The summed E-state index contributed by atoms with van der Waals surface area (Å²) in [5.74, 6) is -1.92. The number of ketones is 1. The summed E-state index contributed by atoms with van der Waals surface area (Å²) in [4.78, 5) is 31.9. The third kappa shape index (κ3) is 3.73. The van der Waals surface area contributed by atoms with Gasteiger partial charge in [0.05, 0.1) is 17.9 Å². The molecule has 1 aliphatic rings. The summed E-state index contributed by atoms with van der Waals surface area (Å²) >= 11 is 0. The van der Waals surface area contributed by atoms with Crippen LogP contribution in [0.2, 0.25) is 0 Å². The zero-order valence-corrected chi connectivity index (χ0v) is 17.6. The van der Waals surface area contributed by atoms with E-state index in [1.54, 1.807) is 55.6 Å². The molecule has 1 atom stereocenters. The first kappa shape index (κ1) is 21.2. The fraction of sp³-hybridized carbons (Fsp3) is 0.160. The maximum Gasteiger partial charge on any atom is 0.300 e. The summed E-state index contributed by atoms with van der Waals surface area (Å²) in [7, 11) is 0. The third-order valence-electron chi connectivity index (χ3n) is 5.25. The number of benzene rings is 2. The maximum atomic E-state index is 13.8. The summed E-state index contributed by atoms with van der Waals surface area (Å²) in [6.45, 7) is 3.84. The van der Waals surface area contributed by atoms with Gasteiger partial charge in [0.1, 0.15) is 23.4 Å². The predicted molar refractivity (Wildman–Crippen MR) is 118 cm³/mol. The van der Waals surface area contributed by atoms with E-state index in [1.807, 2.05) is 6.92 Å². The molecule has 7 heteroatoms. The molecule has 2 heterocycles. The number of Topliss-reactive ketones (excluding diaryl/α,β-unsaturated/α-hetero) is 1. The van der Waals surface area contributed by atoms with E-state index in [4.69, 9.17) is 4.74 Å². The Balaban J connectivity index is 1.92. The number of ether oxygens (including phenoxy) is 1. The predicted octanol–water partition coefficient (Wildman–Crippen LogP) is 4.55. The molecule has 4 rings (SSSR count). The Morgan fingerprint density at radius 2 is 1.94 bits per heavy atom. The van der Waals surface area contributed by atoms with E-state index in [0.29, 0.717) is 29.3 Å². The molecular weight excluding hydrogens is 411 g/mol. The SMILES string of the molecule is CCOc1cccc(N2C(=O)C(=O)/C(=C(/O)c3ccc(F)c(C)c3)C2c2ccccn2)c1. The van der Waals surface area contributed by atoms with Crippen LogP contribution in [0.15, 0.2) is 72.4 Å². The Kier molecular flexibility index (Phi) is 5.73. The molecule has 1 amide bonds. The number of hydrogen-bond donors (Lipinski definition) is 1. The average molecular weight is 432 g/mol. The Hall–Kier alpha value is -4.00. The number of nitrogens with zero attached hydrogens (tertiary/aromatic N) is 2. The topological polar surface area (TPSA) is 79.7 Å². The number of carbonyl (C=O) groups is 2. The van der Waals surface area contributed by atoms with E-state index in [0.717, 1.165) is 0 Å². The van der Waals surface area contributed by atoms with Crippen molar-refractivity contribution in [2.45, 2.75) is 19.9 Å². The second kappa shape index (κ2) is 8.63. The quantitative estimate of drug-likeness (QED) is 0.363. The fourth-order valence-electron chi connectivity index (χ4n) is 3.75. The molecule has 3 aromatic rings. The number of rotatable bonds is 5. The number of aliphatic hydroxyl groups excluding tert-OH is 1. The van der Waals surface area contributed by atoms with Crippen LogP contribution in [-0.2, 0) is 9.59 Å². The minimum atomic E-state index is -0.960. The summed E-state index contributed by atoms with van der Waals surface area (Å²) in [5.41, 5.74) is 1.28. The van der Waals surface area contributed by atoms with Crippen LogP contribution in [0.4, 0.5) is 10.1 Å². The van der Waals surface area contributed by atoms with Crippen molar-refractivity contribution in [3.8, 4) is 5.75 Å². The largest absolute Gasteiger partial charge is 0.507 e. The number of aliphatic hydroxyl groups is 1. The molecule has 1 N–H and O–H groups in total. The Bertz CT molecular complexity index is 1220. The van der Waals surface area contributed by atoms with Gasteiger partial charge in [-0.15, -0.1) is 0 Å². The molecule has 2 aromatic carbocycles. The highest BCUT2D eigenvalue weighted by molar-refractivity contribution is 6.51. The van der Waals surface area contributed by atoms with Crippen LogP contribution >= 0.6 is 0 Å². The minimum absolute atomic E-state index is 0.110. The van der Waals surface area contributed by atoms with Crippen molar-refractivity contribution in [2.24, 2.45) is 0 Å².